The molecule has 0 aliphatic rings. The Hall–Kier alpha value is -4.09. The first-order valence-corrected chi connectivity index (χ1v) is 13.2. The van der Waals surface area contributed by atoms with Gasteiger partial charge >= 0.3 is 5.97 Å². The minimum absolute atomic E-state index is 0.0508. The summed E-state index contributed by atoms with van der Waals surface area (Å²) in [6, 6.07) is 29.7. The Morgan fingerprint density at radius 1 is 0.872 bits per heavy atom. The summed E-state index contributed by atoms with van der Waals surface area (Å²) in [5.41, 5.74) is 5.22. The molecular formula is C33H32ClNO4. The predicted octanol–water partition coefficient (Wildman–Crippen LogP) is 7.83. The second-order valence-corrected chi connectivity index (χ2v) is 10.9. The van der Waals surface area contributed by atoms with Crippen molar-refractivity contribution < 1.29 is 19.4 Å². The Morgan fingerprint density at radius 3 is 2.13 bits per heavy atom. The molecule has 0 radical (unpaired) electrons. The van der Waals surface area contributed by atoms with Crippen LogP contribution in [0.15, 0.2) is 97.1 Å². The third-order valence-corrected chi connectivity index (χ3v) is 6.74. The first-order chi connectivity index (χ1) is 18.6. The molecule has 0 spiro atoms. The molecule has 0 fully saturated rings. The molecule has 0 aliphatic carbocycles. The predicted molar refractivity (Wildman–Crippen MR) is 155 cm³/mol. The van der Waals surface area contributed by atoms with Gasteiger partial charge < -0.3 is 15.2 Å². The number of ether oxygens (including phenoxy) is 1. The lowest BCUT2D eigenvalue weighted by atomic mass is 9.87. The molecule has 4 rings (SSSR count). The van der Waals surface area contributed by atoms with E-state index in [0.29, 0.717) is 16.3 Å². The van der Waals surface area contributed by atoms with E-state index >= 15 is 0 Å². The molecule has 0 heterocycles. The molecular weight excluding hydrogens is 510 g/mol. The number of benzene rings is 4. The Balaban J connectivity index is 1.52. The third-order valence-electron chi connectivity index (χ3n) is 6.50. The monoisotopic (exact) mass is 541 g/mol. The number of hydrogen-bond acceptors (Lipinski definition) is 3. The lowest BCUT2D eigenvalue weighted by molar-refractivity contribution is -0.137. The van der Waals surface area contributed by atoms with Crippen molar-refractivity contribution in [3.8, 4) is 16.9 Å². The van der Waals surface area contributed by atoms with Crippen LogP contribution in [0.3, 0.4) is 0 Å². The molecule has 4 aromatic carbocycles. The number of carbonyl (C=O) groups is 2. The van der Waals surface area contributed by atoms with Crippen LogP contribution in [-0.2, 0) is 16.8 Å². The number of aliphatic carboxylic acids is 1. The topological polar surface area (TPSA) is 75.6 Å². The first kappa shape index (κ1) is 27.9. The van der Waals surface area contributed by atoms with Crippen LogP contribution < -0.4 is 10.1 Å². The van der Waals surface area contributed by atoms with Crippen LogP contribution in [0, 0.1) is 0 Å². The van der Waals surface area contributed by atoms with Gasteiger partial charge in [-0.15, -0.1) is 0 Å². The van der Waals surface area contributed by atoms with Crippen LogP contribution in [0.25, 0.3) is 11.1 Å². The number of carboxylic acids is 1. The molecule has 1 unspecified atom stereocenters. The summed E-state index contributed by atoms with van der Waals surface area (Å²) in [6.45, 7) is 6.75. The van der Waals surface area contributed by atoms with Gasteiger partial charge in [-0.25, -0.2) is 0 Å². The fraction of sp³-hybridized carbons (Fsp3) is 0.212. The maximum absolute atomic E-state index is 13.4. The van der Waals surface area contributed by atoms with Crippen molar-refractivity contribution in [2.75, 3.05) is 0 Å². The van der Waals surface area contributed by atoms with Crippen molar-refractivity contribution in [1.29, 1.82) is 0 Å². The van der Waals surface area contributed by atoms with E-state index in [0.717, 1.165) is 16.7 Å². The molecule has 5 nitrogen and oxygen atoms in total. The van der Waals surface area contributed by atoms with Crippen molar-refractivity contribution in [2.24, 2.45) is 0 Å². The number of nitrogens with one attached hydrogen (secondary N) is 1. The summed E-state index contributed by atoms with van der Waals surface area (Å²) in [6.07, 6.45) is -0.271. The maximum atomic E-state index is 13.4. The van der Waals surface area contributed by atoms with E-state index in [1.807, 2.05) is 66.7 Å². The third kappa shape index (κ3) is 7.49. The van der Waals surface area contributed by atoms with E-state index in [1.165, 1.54) is 11.6 Å². The van der Waals surface area contributed by atoms with Crippen LogP contribution in [0.5, 0.6) is 5.75 Å². The van der Waals surface area contributed by atoms with Crippen molar-refractivity contribution in [2.45, 2.75) is 45.3 Å². The Morgan fingerprint density at radius 2 is 1.51 bits per heavy atom. The molecule has 0 saturated carbocycles. The fourth-order valence-electron chi connectivity index (χ4n) is 4.27. The van der Waals surface area contributed by atoms with E-state index in [9.17, 15) is 14.7 Å². The molecule has 1 amide bonds. The Kier molecular flexibility index (Phi) is 8.72. The fourth-order valence-corrected chi connectivity index (χ4v) is 4.44. The molecule has 200 valence electrons. The first-order valence-electron chi connectivity index (χ1n) is 12.8. The average molecular weight is 542 g/mol. The molecule has 0 aliphatic heterocycles. The van der Waals surface area contributed by atoms with Crippen molar-refractivity contribution >= 4 is 23.5 Å². The minimum atomic E-state index is -1.02. The van der Waals surface area contributed by atoms with Crippen LogP contribution in [0.4, 0.5) is 0 Å². The number of halogens is 1. The van der Waals surface area contributed by atoms with Gasteiger partial charge in [-0.3, -0.25) is 9.59 Å². The largest absolute Gasteiger partial charge is 0.488 e. The van der Waals surface area contributed by atoms with Gasteiger partial charge in [0, 0.05) is 5.02 Å². The lowest BCUT2D eigenvalue weighted by Crippen LogP contribution is -2.30. The Bertz CT molecular complexity index is 1430. The lowest BCUT2D eigenvalue weighted by Gasteiger charge is -2.20. The highest BCUT2D eigenvalue weighted by Gasteiger charge is 2.22. The van der Waals surface area contributed by atoms with Crippen LogP contribution >= 0.6 is 11.6 Å². The van der Waals surface area contributed by atoms with Gasteiger partial charge in [-0.1, -0.05) is 111 Å². The van der Waals surface area contributed by atoms with E-state index in [2.05, 4.69) is 38.2 Å². The highest BCUT2D eigenvalue weighted by atomic mass is 35.5. The summed E-state index contributed by atoms with van der Waals surface area (Å²) in [5, 5.41) is 12.8. The van der Waals surface area contributed by atoms with Gasteiger partial charge in [0.25, 0.3) is 5.91 Å². The van der Waals surface area contributed by atoms with Crippen LogP contribution in [-0.4, -0.2) is 17.0 Å². The highest BCUT2D eigenvalue weighted by Crippen LogP contribution is 2.28. The number of hydrogen-bond donors (Lipinski definition) is 2. The quantitative estimate of drug-likeness (QED) is 0.226. The van der Waals surface area contributed by atoms with Gasteiger partial charge in [-0.05, 0) is 51.4 Å². The zero-order valence-corrected chi connectivity index (χ0v) is 23.0. The Labute approximate surface area is 234 Å². The number of amides is 1. The standard InChI is InChI=1S/C33H32ClNO4/c1-33(2,3)26-15-9-22(10-16-26)21-39-30-18-17-27(34)19-28(30)32(38)35-29(20-31(36)37)25-13-11-24(12-14-25)23-7-5-4-6-8-23/h4-19,29H,20-21H2,1-3H3,(H,35,38)(H,36,37). The smallest absolute Gasteiger partial charge is 0.305 e. The van der Waals surface area contributed by atoms with Crippen LogP contribution in [0.2, 0.25) is 5.02 Å². The molecule has 39 heavy (non-hydrogen) atoms. The number of rotatable bonds is 9. The van der Waals surface area contributed by atoms with Crippen molar-refractivity contribution in [1.82, 2.24) is 5.32 Å². The normalized spacial score (nSPS) is 12.0. The molecule has 0 aromatic heterocycles. The highest BCUT2D eigenvalue weighted by molar-refractivity contribution is 6.31. The van der Waals surface area contributed by atoms with Gasteiger partial charge in [-0.2, -0.15) is 0 Å². The van der Waals surface area contributed by atoms with Gasteiger partial charge in [0.15, 0.2) is 0 Å². The molecule has 6 heteroatoms. The van der Waals surface area contributed by atoms with E-state index in [-0.39, 0.29) is 24.0 Å². The van der Waals surface area contributed by atoms with Crippen LogP contribution in [0.1, 0.15) is 60.3 Å². The number of carbonyl (C=O) groups excluding carboxylic acids is 1. The van der Waals surface area contributed by atoms with Crippen molar-refractivity contribution in [3.05, 3.63) is 124 Å². The zero-order chi connectivity index (χ0) is 28.0. The second-order valence-electron chi connectivity index (χ2n) is 10.5. The average Bonchev–Trinajstić information content (AvgIpc) is 2.92. The SMILES string of the molecule is CC(C)(C)c1ccc(COc2ccc(Cl)cc2C(=O)NC(CC(=O)O)c2ccc(-c3ccccc3)cc2)cc1. The molecule has 4 aromatic rings. The van der Waals surface area contributed by atoms with Crippen molar-refractivity contribution in [3.63, 3.8) is 0 Å². The summed E-state index contributed by atoms with van der Waals surface area (Å²) in [5.74, 6) is -1.12. The summed E-state index contributed by atoms with van der Waals surface area (Å²) in [7, 11) is 0. The summed E-state index contributed by atoms with van der Waals surface area (Å²) < 4.78 is 6.02. The summed E-state index contributed by atoms with van der Waals surface area (Å²) >= 11 is 6.22. The van der Waals surface area contributed by atoms with E-state index < -0.39 is 17.9 Å². The van der Waals surface area contributed by atoms with Gasteiger partial charge in [0.05, 0.1) is 18.0 Å². The van der Waals surface area contributed by atoms with E-state index in [4.69, 9.17) is 16.3 Å². The van der Waals surface area contributed by atoms with E-state index in [1.54, 1.807) is 12.1 Å². The minimum Gasteiger partial charge on any atom is -0.488 e. The second kappa shape index (κ2) is 12.2. The summed E-state index contributed by atoms with van der Waals surface area (Å²) in [4.78, 5) is 25.1. The maximum Gasteiger partial charge on any atom is 0.305 e. The van der Waals surface area contributed by atoms with Gasteiger partial charge in [0.2, 0.25) is 0 Å². The molecule has 0 saturated heterocycles. The molecule has 0 bridgehead atoms. The number of carboxylic acid groups (broad SMARTS) is 1. The zero-order valence-electron chi connectivity index (χ0n) is 22.3. The van der Waals surface area contributed by atoms with Gasteiger partial charge in [0.1, 0.15) is 12.4 Å². The molecule has 2 N–H and O–H groups in total. The molecule has 1 atom stereocenters.